The minimum atomic E-state index is -1.19. The van der Waals surface area contributed by atoms with Crippen LogP contribution in [0, 0.1) is 17.3 Å². The number of benzene rings is 3. The summed E-state index contributed by atoms with van der Waals surface area (Å²) in [5.41, 5.74) is 0.151. The zero-order chi connectivity index (χ0) is 32.3. The summed E-state index contributed by atoms with van der Waals surface area (Å²) in [6.45, 7) is 1.93. The van der Waals surface area contributed by atoms with Crippen molar-refractivity contribution in [3.63, 3.8) is 0 Å². The molecule has 1 N–H and O–H groups in total. The molecule has 7 rings (SSSR count). The molecule has 0 spiro atoms. The Balaban J connectivity index is 1.40. The standard InChI is InChI=1S/C35H32N4O7/c1-35-25(15-14-21-18-28(45-2)30(40)29(19-21)46-3)24-16-17-36-33(43)38(23-12-8-5-9-13-23)34(44)39(36)27(24)20-26(35)31(41)37(32(35)42)22-10-6-4-7-11-22/h4-16,18-19,25-27,40H,17,20H2,1-3H3/t25-,26-,27+,35-/m0/s1. The average molecular weight is 621 g/mol. The number of carbonyl (C=O) groups excluding carboxylic acids is 2. The molecule has 46 heavy (non-hydrogen) atoms. The van der Waals surface area contributed by atoms with Crippen LogP contribution in [0.2, 0.25) is 0 Å². The van der Waals surface area contributed by atoms with Gasteiger partial charge in [0.15, 0.2) is 11.5 Å². The van der Waals surface area contributed by atoms with Crippen molar-refractivity contribution in [3.05, 3.63) is 117 Å². The maximum Gasteiger partial charge on any atom is 0.352 e. The Bertz CT molecular complexity index is 2030. The van der Waals surface area contributed by atoms with E-state index >= 15 is 0 Å². The van der Waals surface area contributed by atoms with E-state index in [2.05, 4.69) is 0 Å². The molecular weight excluding hydrogens is 588 g/mol. The topological polar surface area (TPSA) is 125 Å². The molecule has 234 valence electrons. The van der Waals surface area contributed by atoms with Crippen molar-refractivity contribution < 1.29 is 24.2 Å². The lowest BCUT2D eigenvalue weighted by Crippen LogP contribution is -2.49. The molecule has 2 aliphatic heterocycles. The highest BCUT2D eigenvalue weighted by molar-refractivity contribution is 6.24. The van der Waals surface area contributed by atoms with Gasteiger partial charge in [-0.05, 0) is 60.9 Å². The molecule has 0 unspecified atom stereocenters. The van der Waals surface area contributed by atoms with Crippen molar-refractivity contribution in [3.8, 4) is 22.9 Å². The number of ether oxygens (including phenoxy) is 2. The van der Waals surface area contributed by atoms with Gasteiger partial charge in [0.1, 0.15) is 0 Å². The van der Waals surface area contributed by atoms with E-state index in [0.29, 0.717) is 16.9 Å². The third-order valence-corrected chi connectivity index (χ3v) is 9.62. The minimum absolute atomic E-state index is 0.121. The van der Waals surface area contributed by atoms with Crippen LogP contribution in [-0.2, 0) is 16.1 Å². The number of phenols is 1. The smallest absolute Gasteiger partial charge is 0.352 e. The number of aromatic nitrogens is 3. The van der Waals surface area contributed by atoms with Crippen LogP contribution in [0.15, 0.2) is 100 Å². The van der Waals surface area contributed by atoms with Gasteiger partial charge in [0.25, 0.3) is 0 Å². The van der Waals surface area contributed by atoms with Crippen LogP contribution < -0.4 is 25.8 Å². The van der Waals surface area contributed by atoms with E-state index in [-0.39, 0.29) is 42.0 Å². The van der Waals surface area contributed by atoms with Gasteiger partial charge in [-0.1, -0.05) is 54.6 Å². The zero-order valence-electron chi connectivity index (χ0n) is 25.5. The quantitative estimate of drug-likeness (QED) is 0.256. The van der Waals surface area contributed by atoms with Gasteiger partial charge in [0.2, 0.25) is 17.6 Å². The molecule has 11 nitrogen and oxygen atoms in total. The van der Waals surface area contributed by atoms with E-state index in [1.165, 1.54) is 28.5 Å². The Morgan fingerprint density at radius 2 is 1.48 bits per heavy atom. The Hall–Kier alpha value is -5.58. The Morgan fingerprint density at radius 3 is 2.09 bits per heavy atom. The van der Waals surface area contributed by atoms with Gasteiger partial charge < -0.3 is 14.6 Å². The molecule has 3 aromatic carbocycles. The molecule has 1 saturated carbocycles. The molecule has 3 heterocycles. The van der Waals surface area contributed by atoms with Crippen molar-refractivity contribution in [2.45, 2.75) is 25.9 Å². The SMILES string of the molecule is COc1cc(C=C[C@H]2C3=CCn4c(=O)n(-c5ccccc5)c(=O)n4[C@@H]3C[C@H]3C(=O)N(c4ccccc4)C(=O)[C@@]23C)cc(OC)c1O. The number of para-hydroxylation sites is 2. The van der Waals surface area contributed by atoms with Crippen LogP contribution in [0.4, 0.5) is 5.69 Å². The first-order valence-electron chi connectivity index (χ1n) is 15.0. The molecule has 0 radical (unpaired) electrons. The normalized spacial score (nSPS) is 23.6. The number of nitrogens with zero attached hydrogens (tertiary/aromatic N) is 4. The van der Waals surface area contributed by atoms with Crippen molar-refractivity contribution in [2.24, 2.45) is 17.3 Å². The van der Waals surface area contributed by atoms with Crippen LogP contribution in [0.1, 0.15) is 24.9 Å². The lowest BCUT2D eigenvalue weighted by molar-refractivity contribution is -0.129. The molecule has 1 aromatic heterocycles. The Morgan fingerprint density at radius 1 is 0.870 bits per heavy atom. The number of phenolic OH excluding ortho intramolecular Hbond substituents is 1. The number of carbonyl (C=O) groups is 2. The van der Waals surface area contributed by atoms with E-state index in [0.717, 1.165) is 10.1 Å². The maximum atomic E-state index is 14.4. The number of anilines is 1. The van der Waals surface area contributed by atoms with Crippen molar-refractivity contribution >= 4 is 23.6 Å². The number of methoxy groups -OCH3 is 2. The lowest BCUT2D eigenvalue weighted by atomic mass is 9.58. The van der Waals surface area contributed by atoms with E-state index in [4.69, 9.17) is 9.47 Å². The fourth-order valence-electron chi connectivity index (χ4n) is 7.32. The summed E-state index contributed by atoms with van der Waals surface area (Å²) in [6, 6.07) is 20.2. The van der Waals surface area contributed by atoms with Gasteiger partial charge in [0.05, 0.1) is 49.5 Å². The summed E-state index contributed by atoms with van der Waals surface area (Å²) in [7, 11) is 2.87. The molecule has 3 aliphatic rings. The molecule has 1 saturated heterocycles. The molecule has 4 aromatic rings. The second-order valence-corrected chi connectivity index (χ2v) is 11.9. The first-order valence-corrected chi connectivity index (χ1v) is 15.0. The van der Waals surface area contributed by atoms with Crippen LogP contribution in [-0.4, -0.2) is 45.1 Å². The van der Waals surface area contributed by atoms with Gasteiger partial charge in [-0.15, -0.1) is 0 Å². The van der Waals surface area contributed by atoms with Crippen LogP contribution in [0.3, 0.4) is 0 Å². The number of fused-ring (bicyclic) bond motifs is 4. The van der Waals surface area contributed by atoms with Crippen LogP contribution in [0.5, 0.6) is 17.2 Å². The molecular formula is C35H32N4O7. The highest BCUT2D eigenvalue weighted by Crippen LogP contribution is 2.58. The van der Waals surface area contributed by atoms with Crippen LogP contribution in [0.25, 0.3) is 11.8 Å². The predicted molar refractivity (Wildman–Crippen MR) is 170 cm³/mol. The minimum Gasteiger partial charge on any atom is -0.502 e. The second-order valence-electron chi connectivity index (χ2n) is 11.9. The zero-order valence-corrected chi connectivity index (χ0v) is 25.5. The predicted octanol–water partition coefficient (Wildman–Crippen LogP) is 3.93. The fraction of sp³-hybridized carbons (Fsp3) is 0.257. The first kappa shape index (κ1) is 29.1. The molecule has 0 bridgehead atoms. The van der Waals surface area contributed by atoms with Gasteiger partial charge in [-0.2, -0.15) is 0 Å². The number of amides is 2. The van der Waals surface area contributed by atoms with Gasteiger partial charge >= 0.3 is 11.4 Å². The number of rotatable bonds is 6. The molecule has 2 fully saturated rings. The largest absolute Gasteiger partial charge is 0.502 e. The maximum absolute atomic E-state index is 14.4. The van der Waals surface area contributed by atoms with Crippen LogP contribution >= 0.6 is 0 Å². The van der Waals surface area contributed by atoms with E-state index in [1.807, 2.05) is 25.1 Å². The summed E-state index contributed by atoms with van der Waals surface area (Å²) in [5, 5.41) is 10.4. The van der Waals surface area contributed by atoms with E-state index in [9.17, 15) is 24.3 Å². The lowest BCUT2D eigenvalue weighted by Gasteiger charge is -2.45. The fourth-order valence-corrected chi connectivity index (χ4v) is 7.32. The number of hydrogen-bond acceptors (Lipinski definition) is 7. The Labute approximate surface area is 263 Å². The Kier molecular flexibility index (Phi) is 6.84. The van der Waals surface area contributed by atoms with Gasteiger partial charge in [-0.3, -0.25) is 9.59 Å². The van der Waals surface area contributed by atoms with Crippen molar-refractivity contribution in [2.75, 3.05) is 19.1 Å². The molecule has 1 aliphatic carbocycles. The highest BCUT2D eigenvalue weighted by Gasteiger charge is 2.64. The van der Waals surface area contributed by atoms with E-state index in [1.54, 1.807) is 72.8 Å². The number of aromatic hydroxyl groups is 1. The molecule has 2 amide bonds. The third-order valence-electron chi connectivity index (χ3n) is 9.62. The first-order chi connectivity index (χ1) is 22.2. The average Bonchev–Trinajstić information content (AvgIpc) is 3.44. The number of allylic oxidation sites excluding steroid dienone is 3. The van der Waals surface area contributed by atoms with Crippen molar-refractivity contribution in [1.29, 1.82) is 0 Å². The summed E-state index contributed by atoms with van der Waals surface area (Å²) in [5.74, 6) is -1.81. The molecule has 4 atom stereocenters. The summed E-state index contributed by atoms with van der Waals surface area (Å²) in [6.07, 6.45) is 5.73. The summed E-state index contributed by atoms with van der Waals surface area (Å²) >= 11 is 0. The summed E-state index contributed by atoms with van der Waals surface area (Å²) < 4.78 is 14.7. The van der Waals surface area contributed by atoms with Crippen molar-refractivity contribution in [1.82, 2.24) is 13.9 Å². The van der Waals surface area contributed by atoms with Gasteiger partial charge in [0, 0.05) is 5.92 Å². The third kappa shape index (κ3) is 4.11. The number of imide groups is 1. The second kappa shape index (κ2) is 10.8. The van der Waals surface area contributed by atoms with Gasteiger partial charge in [-0.25, -0.2) is 28.4 Å². The summed E-state index contributed by atoms with van der Waals surface area (Å²) in [4.78, 5) is 57.4. The number of hydrogen-bond donors (Lipinski definition) is 1. The monoisotopic (exact) mass is 620 g/mol. The van der Waals surface area contributed by atoms with E-state index < -0.39 is 34.7 Å². The highest BCUT2D eigenvalue weighted by atomic mass is 16.5. The molecule has 11 heteroatoms.